The van der Waals surface area contributed by atoms with Crippen molar-refractivity contribution in [2.75, 3.05) is 0 Å². The fourth-order valence-electron chi connectivity index (χ4n) is 5.30. The second-order valence-electron chi connectivity index (χ2n) is 9.53. The molecule has 1 saturated carbocycles. The van der Waals surface area contributed by atoms with E-state index in [1.165, 1.54) is 0 Å². The molecule has 0 saturated heterocycles. The zero-order valence-corrected chi connectivity index (χ0v) is 22.5. The second-order valence-corrected chi connectivity index (χ2v) is 11.6. The number of carbonyl (C=O) groups is 1. The number of thiazole rings is 1. The van der Waals surface area contributed by atoms with Crippen LogP contribution in [0.3, 0.4) is 0 Å². The molecule has 0 amide bonds. The molecule has 2 aromatic heterocycles. The van der Waals surface area contributed by atoms with Crippen molar-refractivity contribution in [2.45, 2.75) is 44.8 Å². The van der Waals surface area contributed by atoms with Gasteiger partial charge < -0.3 is 14.4 Å². The molecule has 188 valence electrons. The van der Waals surface area contributed by atoms with E-state index < -0.39 is 11.9 Å². The largest absolute Gasteiger partial charge is 0.486 e. The molecule has 6 rings (SSSR count). The molecule has 1 aliphatic carbocycles. The van der Waals surface area contributed by atoms with E-state index in [2.05, 4.69) is 43.7 Å². The highest BCUT2D eigenvalue weighted by Crippen LogP contribution is 2.39. The van der Waals surface area contributed by atoms with Crippen LogP contribution in [0.2, 0.25) is 0 Å². The number of para-hydroxylation sites is 1. The molecule has 2 heterocycles. The lowest BCUT2D eigenvalue weighted by molar-refractivity contribution is -0.143. The summed E-state index contributed by atoms with van der Waals surface area (Å²) in [6, 6.07) is 22.3. The molecule has 2 atom stereocenters. The molecule has 1 fully saturated rings. The molecule has 0 radical (unpaired) electrons. The van der Waals surface area contributed by atoms with Crippen LogP contribution < -0.4 is 4.74 Å². The van der Waals surface area contributed by atoms with Crippen LogP contribution >= 0.6 is 27.3 Å². The van der Waals surface area contributed by atoms with Gasteiger partial charge in [0.2, 0.25) is 0 Å². The normalized spacial score (nSPS) is 17.9. The number of carboxylic acid groups (broad SMARTS) is 1. The zero-order chi connectivity index (χ0) is 25.4. The van der Waals surface area contributed by atoms with Crippen LogP contribution in [-0.2, 0) is 17.9 Å². The van der Waals surface area contributed by atoms with Crippen LogP contribution in [0, 0.1) is 5.92 Å². The number of benzene rings is 3. The van der Waals surface area contributed by atoms with Crippen molar-refractivity contribution >= 4 is 54.5 Å². The number of rotatable bonds is 7. The van der Waals surface area contributed by atoms with E-state index >= 15 is 0 Å². The Bertz CT molecular complexity index is 1540. The molecule has 0 aliphatic heterocycles. The fourth-order valence-corrected chi connectivity index (χ4v) is 6.45. The van der Waals surface area contributed by atoms with E-state index in [9.17, 15) is 9.90 Å². The van der Waals surface area contributed by atoms with Crippen LogP contribution in [0.15, 0.2) is 71.2 Å². The summed E-state index contributed by atoms with van der Waals surface area (Å²) in [5.41, 5.74) is 3.93. The van der Waals surface area contributed by atoms with Crippen LogP contribution in [0.25, 0.3) is 21.3 Å². The number of halogens is 1. The first-order valence-corrected chi connectivity index (χ1v) is 14.1. The molecule has 1 aliphatic rings. The first-order valence-electron chi connectivity index (χ1n) is 12.5. The lowest BCUT2D eigenvalue weighted by Crippen LogP contribution is -2.27. The van der Waals surface area contributed by atoms with Crippen LogP contribution in [0.4, 0.5) is 0 Å². The third-order valence-corrected chi connectivity index (χ3v) is 8.66. The number of fused-ring (bicyclic) bond motifs is 2. The summed E-state index contributed by atoms with van der Waals surface area (Å²) in [6.45, 7) is 1.02. The Morgan fingerprint density at radius 1 is 1.03 bits per heavy atom. The van der Waals surface area contributed by atoms with Gasteiger partial charge in [0.1, 0.15) is 23.2 Å². The smallest absolute Gasteiger partial charge is 0.307 e. The van der Waals surface area contributed by atoms with Crippen molar-refractivity contribution in [1.82, 2.24) is 14.5 Å². The van der Waals surface area contributed by atoms with Gasteiger partial charge in [-0.05, 0) is 54.8 Å². The van der Waals surface area contributed by atoms with Crippen molar-refractivity contribution in [2.24, 2.45) is 5.92 Å². The number of aliphatic carboxylic acids is 1. The van der Waals surface area contributed by atoms with Gasteiger partial charge in [0.15, 0.2) is 0 Å². The van der Waals surface area contributed by atoms with Gasteiger partial charge in [-0.15, -0.1) is 11.3 Å². The molecule has 37 heavy (non-hydrogen) atoms. The third-order valence-electron chi connectivity index (χ3n) is 7.12. The number of aromatic nitrogens is 3. The molecule has 1 N–H and O–H groups in total. The average molecular weight is 577 g/mol. The predicted octanol–water partition coefficient (Wildman–Crippen LogP) is 7.39. The van der Waals surface area contributed by atoms with E-state index in [4.69, 9.17) is 9.72 Å². The Morgan fingerprint density at radius 3 is 2.65 bits per heavy atom. The highest BCUT2D eigenvalue weighted by molar-refractivity contribution is 9.10. The number of carboxylic acids is 1. The Morgan fingerprint density at radius 2 is 1.84 bits per heavy atom. The molecule has 0 unspecified atom stereocenters. The van der Waals surface area contributed by atoms with Crippen molar-refractivity contribution in [3.8, 4) is 5.75 Å². The monoisotopic (exact) mass is 575 g/mol. The first kappa shape index (κ1) is 24.1. The van der Waals surface area contributed by atoms with E-state index in [1.54, 1.807) is 11.3 Å². The summed E-state index contributed by atoms with van der Waals surface area (Å²) in [7, 11) is 0. The van der Waals surface area contributed by atoms with Gasteiger partial charge >= 0.3 is 5.97 Å². The third kappa shape index (κ3) is 5.00. The second kappa shape index (κ2) is 10.3. The van der Waals surface area contributed by atoms with Crippen molar-refractivity contribution in [1.29, 1.82) is 0 Å². The van der Waals surface area contributed by atoms with E-state index in [0.717, 1.165) is 67.1 Å². The molecule has 8 heteroatoms. The zero-order valence-electron chi connectivity index (χ0n) is 20.1. The van der Waals surface area contributed by atoms with Gasteiger partial charge in [0, 0.05) is 23.0 Å². The highest BCUT2D eigenvalue weighted by Gasteiger charge is 2.35. The summed E-state index contributed by atoms with van der Waals surface area (Å²) >= 11 is 5.15. The Balaban J connectivity index is 1.34. The lowest BCUT2D eigenvalue weighted by Gasteiger charge is -2.28. The van der Waals surface area contributed by atoms with E-state index in [1.807, 2.05) is 48.5 Å². The Labute approximate surface area is 227 Å². The average Bonchev–Trinajstić information content (AvgIpc) is 3.49. The van der Waals surface area contributed by atoms with Crippen molar-refractivity contribution in [3.63, 3.8) is 0 Å². The Kier molecular flexibility index (Phi) is 6.69. The maximum Gasteiger partial charge on any atom is 0.307 e. The minimum absolute atomic E-state index is 0.110. The number of ether oxygens (including phenoxy) is 1. The molecule has 5 aromatic rings. The Hall–Kier alpha value is -3.23. The first-order chi connectivity index (χ1) is 18.0. The summed E-state index contributed by atoms with van der Waals surface area (Å²) in [5.74, 6) is 0.329. The maximum atomic E-state index is 12.1. The van der Waals surface area contributed by atoms with Crippen molar-refractivity contribution in [3.05, 3.63) is 87.6 Å². The molecule has 0 spiro atoms. The topological polar surface area (TPSA) is 77.2 Å². The fraction of sp³-hybridized carbons (Fsp3) is 0.276. The molecule has 0 bridgehead atoms. The van der Waals surface area contributed by atoms with E-state index in [-0.39, 0.29) is 5.92 Å². The molecule has 6 nitrogen and oxygen atoms in total. The van der Waals surface area contributed by atoms with Gasteiger partial charge in [-0.1, -0.05) is 53.0 Å². The van der Waals surface area contributed by atoms with Crippen LogP contribution in [0.5, 0.6) is 5.75 Å². The van der Waals surface area contributed by atoms with Gasteiger partial charge in [-0.25, -0.2) is 9.97 Å². The molecular formula is C29H26BrN3O3S. The van der Waals surface area contributed by atoms with Crippen molar-refractivity contribution < 1.29 is 14.6 Å². The quantitative estimate of drug-likeness (QED) is 0.219. The van der Waals surface area contributed by atoms with Gasteiger partial charge in [0.05, 0.1) is 27.2 Å². The lowest BCUT2D eigenvalue weighted by atomic mass is 9.78. The summed E-state index contributed by atoms with van der Waals surface area (Å²) in [6.07, 6.45) is 3.50. The maximum absolute atomic E-state index is 12.1. The highest BCUT2D eigenvalue weighted by atomic mass is 79.9. The van der Waals surface area contributed by atoms with E-state index in [0.29, 0.717) is 19.6 Å². The van der Waals surface area contributed by atoms with Gasteiger partial charge in [-0.3, -0.25) is 4.79 Å². The molecule has 3 aromatic carbocycles. The summed E-state index contributed by atoms with van der Waals surface area (Å²) in [4.78, 5) is 21.8. The number of hydrogen-bond donors (Lipinski definition) is 1. The minimum atomic E-state index is -0.730. The number of hydrogen-bond acceptors (Lipinski definition) is 5. The minimum Gasteiger partial charge on any atom is -0.486 e. The standard InChI is InChI=1S/C29H26BrN3O3S/c30-19-11-9-18(10-12-19)16-33-25-14-13-20(36-17-27-31-23-7-3-4-8-26(23)37-27)15-24(25)32-28(33)21-5-1-2-6-22(21)29(34)35/h3-4,7-15,21-22H,1-2,5-6,16-17H2,(H,34,35)/t21-,22+/m1/s1. The number of imidazole rings is 1. The molecular weight excluding hydrogens is 550 g/mol. The van der Waals surface area contributed by atoms with Gasteiger partial charge in [-0.2, -0.15) is 0 Å². The summed E-state index contributed by atoms with van der Waals surface area (Å²) < 4.78 is 10.5. The van der Waals surface area contributed by atoms with Gasteiger partial charge in [0.25, 0.3) is 0 Å². The van der Waals surface area contributed by atoms with Crippen LogP contribution in [-0.4, -0.2) is 25.6 Å². The SMILES string of the molecule is O=C(O)[C@H]1CCCC[C@H]1c1nc2cc(OCc3nc4ccccc4s3)ccc2n1Cc1ccc(Br)cc1. The number of nitrogens with zero attached hydrogens (tertiary/aromatic N) is 3. The van der Waals surface area contributed by atoms with Crippen LogP contribution in [0.1, 0.15) is 48.0 Å². The predicted molar refractivity (Wildman–Crippen MR) is 149 cm³/mol. The summed E-state index contributed by atoms with van der Waals surface area (Å²) in [5, 5.41) is 10.9.